The van der Waals surface area contributed by atoms with Crippen molar-refractivity contribution in [2.24, 2.45) is 11.1 Å². The molecule has 0 unspecified atom stereocenters. The number of halogens is 1. The average Bonchev–Trinajstić information content (AvgIpc) is 2.81. The van der Waals surface area contributed by atoms with Gasteiger partial charge < -0.3 is 11.1 Å². The summed E-state index contributed by atoms with van der Waals surface area (Å²) in [5.74, 6) is -0.0934. The summed E-state index contributed by atoms with van der Waals surface area (Å²) in [4.78, 5) is 11.5. The van der Waals surface area contributed by atoms with Crippen molar-refractivity contribution in [3.63, 3.8) is 0 Å². The van der Waals surface area contributed by atoms with E-state index in [-0.39, 0.29) is 11.1 Å². The third kappa shape index (κ3) is 3.98. The van der Waals surface area contributed by atoms with Gasteiger partial charge in [-0.25, -0.2) is 4.68 Å². The Morgan fingerprint density at radius 2 is 2.05 bits per heavy atom. The maximum atomic E-state index is 11.5. The Hall–Kier alpha value is -2.08. The Morgan fingerprint density at radius 1 is 1.36 bits per heavy atom. The van der Waals surface area contributed by atoms with Gasteiger partial charge in [-0.1, -0.05) is 55.8 Å². The van der Waals surface area contributed by atoms with E-state index in [1.807, 2.05) is 24.3 Å². The minimum absolute atomic E-state index is 0.0361. The number of amides is 1. The number of nitrogens with one attached hydrogen (secondary N) is 1. The van der Waals surface area contributed by atoms with E-state index in [0.717, 1.165) is 5.56 Å². The molecule has 2 aromatic rings. The molecule has 0 spiro atoms. The first-order valence-corrected chi connectivity index (χ1v) is 7.36. The lowest BCUT2D eigenvalue weighted by atomic mass is 9.97. The molecule has 0 saturated carbocycles. The van der Waals surface area contributed by atoms with Crippen molar-refractivity contribution in [3.05, 3.63) is 40.5 Å². The van der Waals surface area contributed by atoms with E-state index in [0.29, 0.717) is 23.9 Å². The summed E-state index contributed by atoms with van der Waals surface area (Å²) < 4.78 is 1.60. The summed E-state index contributed by atoms with van der Waals surface area (Å²) in [7, 11) is 0. The topological polar surface area (TPSA) is 85.8 Å². The second-order valence-corrected chi connectivity index (χ2v) is 6.72. The third-order valence-electron chi connectivity index (χ3n) is 3.03. The third-order valence-corrected chi connectivity index (χ3v) is 3.40. The van der Waals surface area contributed by atoms with Crippen LogP contribution in [0.4, 0.5) is 5.82 Å². The zero-order valence-corrected chi connectivity index (χ0v) is 13.7. The van der Waals surface area contributed by atoms with Gasteiger partial charge in [0.05, 0.1) is 6.54 Å². The number of hydrogen-bond donors (Lipinski definition) is 2. The lowest BCUT2D eigenvalue weighted by molar-refractivity contribution is 0.0996. The van der Waals surface area contributed by atoms with Gasteiger partial charge in [0.2, 0.25) is 0 Å². The maximum Gasteiger partial charge on any atom is 0.273 e. The van der Waals surface area contributed by atoms with E-state index in [9.17, 15) is 4.79 Å². The predicted molar refractivity (Wildman–Crippen MR) is 87.0 cm³/mol. The first-order chi connectivity index (χ1) is 10.3. The molecular formula is C15H20ClN5O. The molecule has 0 aliphatic rings. The van der Waals surface area contributed by atoms with E-state index in [4.69, 9.17) is 17.3 Å². The van der Waals surface area contributed by atoms with E-state index in [1.165, 1.54) is 0 Å². The monoisotopic (exact) mass is 321 g/mol. The molecule has 1 aromatic carbocycles. The van der Waals surface area contributed by atoms with Gasteiger partial charge >= 0.3 is 0 Å². The molecule has 1 amide bonds. The second-order valence-electron chi connectivity index (χ2n) is 6.31. The van der Waals surface area contributed by atoms with Crippen molar-refractivity contribution < 1.29 is 4.79 Å². The highest BCUT2D eigenvalue weighted by Gasteiger charge is 2.20. The summed E-state index contributed by atoms with van der Waals surface area (Å²) >= 11 is 6.17. The number of hydrogen-bond acceptors (Lipinski definition) is 4. The van der Waals surface area contributed by atoms with E-state index < -0.39 is 5.91 Å². The number of carbonyl (C=O) groups is 1. The summed E-state index contributed by atoms with van der Waals surface area (Å²) in [5, 5.41) is 11.8. The minimum atomic E-state index is -0.609. The number of rotatable bonds is 5. The fourth-order valence-corrected chi connectivity index (χ4v) is 2.10. The van der Waals surface area contributed by atoms with Crippen LogP contribution in [0.25, 0.3) is 0 Å². The highest BCUT2D eigenvalue weighted by atomic mass is 35.5. The Bertz CT molecular complexity index is 675. The van der Waals surface area contributed by atoms with Crippen LogP contribution < -0.4 is 11.1 Å². The van der Waals surface area contributed by atoms with Gasteiger partial charge in [0.15, 0.2) is 11.5 Å². The molecular weight excluding hydrogens is 302 g/mol. The Balaban J connectivity index is 2.31. The summed E-state index contributed by atoms with van der Waals surface area (Å²) in [6.07, 6.45) is 0. The molecule has 22 heavy (non-hydrogen) atoms. The number of carbonyl (C=O) groups excluding carboxylic acids is 1. The molecule has 6 nitrogen and oxygen atoms in total. The van der Waals surface area contributed by atoms with E-state index in [1.54, 1.807) is 4.68 Å². The van der Waals surface area contributed by atoms with Crippen molar-refractivity contribution >= 4 is 23.3 Å². The number of anilines is 1. The van der Waals surface area contributed by atoms with Crippen LogP contribution in [-0.4, -0.2) is 27.4 Å². The van der Waals surface area contributed by atoms with Crippen LogP contribution in [0.15, 0.2) is 24.3 Å². The van der Waals surface area contributed by atoms with Gasteiger partial charge in [-0.15, -0.1) is 5.10 Å². The number of nitrogens with zero attached hydrogens (tertiary/aromatic N) is 3. The molecule has 0 radical (unpaired) electrons. The number of benzene rings is 1. The van der Waals surface area contributed by atoms with Crippen molar-refractivity contribution in [1.82, 2.24) is 15.0 Å². The van der Waals surface area contributed by atoms with Crippen molar-refractivity contribution in [3.8, 4) is 0 Å². The lowest BCUT2D eigenvalue weighted by Crippen LogP contribution is -2.23. The molecule has 1 aromatic heterocycles. The van der Waals surface area contributed by atoms with E-state index >= 15 is 0 Å². The SMILES string of the molecule is CC(C)(C)CNc1c(C(N)=O)nnn1Cc1ccccc1Cl. The summed E-state index contributed by atoms with van der Waals surface area (Å²) in [5.41, 5.74) is 6.43. The molecule has 118 valence electrons. The molecule has 3 N–H and O–H groups in total. The molecule has 2 rings (SSSR count). The van der Waals surface area contributed by atoms with Crippen LogP contribution in [-0.2, 0) is 6.54 Å². The van der Waals surface area contributed by atoms with Gasteiger partial charge in [0.25, 0.3) is 5.91 Å². The smallest absolute Gasteiger partial charge is 0.273 e. The second kappa shape index (κ2) is 6.36. The summed E-state index contributed by atoms with van der Waals surface area (Å²) in [6, 6.07) is 7.47. The fourth-order valence-electron chi connectivity index (χ4n) is 1.90. The molecule has 0 aliphatic heterocycles. The standard InChI is InChI=1S/C15H20ClN5O/c1-15(2,3)9-18-14-12(13(17)22)19-20-21(14)8-10-6-4-5-7-11(10)16/h4-7,18H,8-9H2,1-3H3,(H2,17,22). The largest absolute Gasteiger partial charge is 0.368 e. The van der Waals surface area contributed by atoms with Gasteiger partial charge in [0, 0.05) is 11.6 Å². The predicted octanol–water partition coefficient (Wildman–Crippen LogP) is 2.54. The molecule has 0 aliphatic carbocycles. The zero-order chi connectivity index (χ0) is 16.3. The molecule has 0 atom stereocenters. The molecule has 0 bridgehead atoms. The first-order valence-electron chi connectivity index (χ1n) is 6.98. The maximum absolute atomic E-state index is 11.5. The average molecular weight is 322 g/mol. The molecule has 0 fully saturated rings. The van der Waals surface area contributed by atoms with Gasteiger partial charge in [-0.05, 0) is 17.0 Å². The van der Waals surface area contributed by atoms with Gasteiger partial charge in [-0.3, -0.25) is 4.79 Å². The first kappa shape index (κ1) is 16.3. The highest BCUT2D eigenvalue weighted by molar-refractivity contribution is 6.31. The van der Waals surface area contributed by atoms with Crippen LogP contribution in [0.1, 0.15) is 36.8 Å². The van der Waals surface area contributed by atoms with Gasteiger partial charge in [-0.2, -0.15) is 0 Å². The summed E-state index contributed by atoms with van der Waals surface area (Å²) in [6.45, 7) is 7.33. The van der Waals surface area contributed by atoms with Crippen molar-refractivity contribution in [2.75, 3.05) is 11.9 Å². The number of primary amides is 1. The van der Waals surface area contributed by atoms with Crippen LogP contribution in [0.3, 0.4) is 0 Å². The molecule has 7 heteroatoms. The highest BCUT2D eigenvalue weighted by Crippen LogP contribution is 2.21. The van der Waals surface area contributed by atoms with Crippen LogP contribution in [0.5, 0.6) is 0 Å². The number of nitrogens with two attached hydrogens (primary N) is 1. The Labute approximate surface area is 134 Å². The Morgan fingerprint density at radius 3 is 2.64 bits per heavy atom. The normalized spacial score (nSPS) is 11.5. The number of aromatic nitrogens is 3. The van der Waals surface area contributed by atoms with Crippen molar-refractivity contribution in [2.45, 2.75) is 27.3 Å². The van der Waals surface area contributed by atoms with Crippen LogP contribution >= 0.6 is 11.6 Å². The lowest BCUT2D eigenvalue weighted by Gasteiger charge is -2.20. The molecule has 1 heterocycles. The quantitative estimate of drug-likeness (QED) is 0.886. The molecule has 0 saturated heterocycles. The zero-order valence-electron chi connectivity index (χ0n) is 12.9. The minimum Gasteiger partial charge on any atom is -0.368 e. The van der Waals surface area contributed by atoms with Crippen molar-refractivity contribution in [1.29, 1.82) is 0 Å². The Kier molecular flexibility index (Phi) is 4.71. The van der Waals surface area contributed by atoms with Crippen LogP contribution in [0, 0.1) is 5.41 Å². The van der Waals surface area contributed by atoms with E-state index in [2.05, 4.69) is 36.4 Å². The van der Waals surface area contributed by atoms with Crippen LogP contribution in [0.2, 0.25) is 5.02 Å². The fraction of sp³-hybridized carbons (Fsp3) is 0.400. The van der Waals surface area contributed by atoms with Gasteiger partial charge in [0.1, 0.15) is 0 Å².